The van der Waals surface area contributed by atoms with E-state index >= 15 is 0 Å². The van der Waals surface area contributed by atoms with Crippen LogP contribution in [0.15, 0.2) is 12.2 Å². The minimum atomic E-state index is -4.80. The first-order valence-electron chi connectivity index (χ1n) is 4.86. The second kappa shape index (κ2) is 7.04. The summed E-state index contributed by atoms with van der Waals surface area (Å²) in [6.45, 7) is -2.33. The minimum Gasteiger partial charge on any atom is -0.366 e. The van der Waals surface area contributed by atoms with Crippen molar-refractivity contribution in [2.45, 2.75) is 18.3 Å². The zero-order chi connectivity index (χ0) is 15.3. The Bertz CT molecular complexity index is 299. The molecule has 0 spiro atoms. The molecule has 0 radical (unpaired) electrons. The molecular weight excluding hydrogens is 290 g/mol. The predicted octanol–water partition coefficient (Wildman–Crippen LogP) is 3.21. The summed E-state index contributed by atoms with van der Waals surface area (Å²) in [5.41, 5.74) is 0. The lowest BCUT2D eigenvalue weighted by molar-refractivity contribution is -0.257. The lowest BCUT2D eigenvalue weighted by atomic mass is 10.2. The molecule has 1 atom stereocenters. The average molecular weight is 301 g/mol. The zero-order valence-electron chi connectivity index (χ0n) is 9.66. The van der Waals surface area contributed by atoms with Crippen LogP contribution in [0, 0.1) is 0 Å². The fraction of sp³-hybridized carbons (Fsp3) is 0.778. The van der Waals surface area contributed by atoms with Crippen LogP contribution in [0.5, 0.6) is 0 Å². The number of morpholine rings is 1. The molecule has 19 heavy (non-hydrogen) atoms. The van der Waals surface area contributed by atoms with Crippen molar-refractivity contribution in [2.75, 3.05) is 26.9 Å². The molecule has 10 heteroatoms. The molecule has 0 N–H and O–H groups in total. The molecule has 0 bridgehead atoms. The van der Waals surface area contributed by atoms with Crippen molar-refractivity contribution in [1.29, 1.82) is 0 Å². The van der Waals surface area contributed by atoms with Gasteiger partial charge in [-0.25, -0.2) is 4.90 Å². The Labute approximate surface area is 103 Å². The Hall–Kier alpha value is -0.900. The van der Waals surface area contributed by atoms with Crippen LogP contribution in [-0.2, 0) is 4.74 Å². The largest absolute Gasteiger partial charge is 0.415 e. The molecule has 0 amide bonds. The zero-order valence-corrected chi connectivity index (χ0v) is 9.66. The van der Waals surface area contributed by atoms with E-state index in [9.17, 15) is 35.1 Å². The molecule has 0 aromatic rings. The van der Waals surface area contributed by atoms with E-state index in [1.807, 2.05) is 0 Å². The van der Waals surface area contributed by atoms with Gasteiger partial charge >= 0.3 is 12.2 Å². The first kappa shape index (κ1) is 18.1. The normalized spacial score (nSPS) is 21.4. The topological polar surface area (TPSA) is 12.5 Å². The van der Waals surface area contributed by atoms with Crippen molar-refractivity contribution in [1.82, 2.24) is 4.90 Å². The third-order valence-electron chi connectivity index (χ3n) is 2.14. The van der Waals surface area contributed by atoms with Gasteiger partial charge in [0.1, 0.15) is 0 Å². The van der Waals surface area contributed by atoms with E-state index in [0.29, 0.717) is 7.18 Å². The van der Waals surface area contributed by atoms with Crippen LogP contribution in [0.3, 0.4) is 0 Å². The number of ether oxygens (including phenoxy) is 1. The van der Waals surface area contributed by atoms with Crippen molar-refractivity contribution in [2.24, 2.45) is 0 Å². The van der Waals surface area contributed by atoms with Gasteiger partial charge in [-0.05, 0) is 0 Å². The molecule has 0 saturated carbocycles. The maximum Gasteiger partial charge on any atom is 0.415 e. The van der Waals surface area contributed by atoms with Gasteiger partial charge in [-0.1, -0.05) is 0 Å². The summed E-state index contributed by atoms with van der Waals surface area (Å²) in [5.74, 6) is 0. The summed E-state index contributed by atoms with van der Waals surface area (Å²) in [6, 6.07) is -4.12. The maximum atomic E-state index is 13.1. The Kier molecular flexibility index (Phi) is 6.70. The molecule has 1 aliphatic rings. The fourth-order valence-corrected chi connectivity index (χ4v) is 1.34. The van der Waals surface area contributed by atoms with E-state index in [-0.39, 0.29) is 4.90 Å². The number of halogens is 8. The third kappa shape index (κ3) is 5.72. The highest BCUT2D eigenvalue weighted by atomic mass is 19.4. The highest BCUT2D eigenvalue weighted by molar-refractivity contribution is 4.96. The number of hydrogen-bond donors (Lipinski definition) is 0. The van der Waals surface area contributed by atoms with E-state index < -0.39 is 50.2 Å². The van der Waals surface area contributed by atoms with Gasteiger partial charge in [0.25, 0.3) is 6.08 Å². The molecule has 1 heterocycles. The first-order valence-corrected chi connectivity index (χ1v) is 4.86. The first-order chi connectivity index (χ1) is 8.63. The Balaban J connectivity index is 0.00000154. The van der Waals surface area contributed by atoms with E-state index in [1.165, 1.54) is 0 Å². The molecule has 1 rings (SSSR count). The summed E-state index contributed by atoms with van der Waals surface area (Å²) >= 11 is 0. The highest BCUT2D eigenvalue weighted by Crippen LogP contribution is 2.31. The van der Waals surface area contributed by atoms with Crippen molar-refractivity contribution < 1.29 is 39.9 Å². The fourth-order valence-electron chi connectivity index (χ4n) is 1.34. The van der Waals surface area contributed by atoms with Gasteiger partial charge in [0.15, 0.2) is 6.10 Å². The highest BCUT2D eigenvalue weighted by Gasteiger charge is 2.48. The summed E-state index contributed by atoms with van der Waals surface area (Å²) in [5, 5.41) is 0. The van der Waals surface area contributed by atoms with Gasteiger partial charge in [0.2, 0.25) is 0 Å². The Morgan fingerprint density at radius 1 is 1.16 bits per heavy atom. The molecule has 0 aromatic heterocycles. The van der Waals surface area contributed by atoms with Crippen LogP contribution in [0.1, 0.15) is 0 Å². The van der Waals surface area contributed by atoms with Gasteiger partial charge in [-0.15, -0.1) is 0 Å². The van der Waals surface area contributed by atoms with Crippen LogP contribution in [0.4, 0.5) is 35.1 Å². The monoisotopic (exact) mass is 301 g/mol. The molecule has 114 valence electrons. The van der Waals surface area contributed by atoms with Crippen LogP contribution in [0.2, 0.25) is 0 Å². The summed E-state index contributed by atoms with van der Waals surface area (Å²) < 4.78 is 100.0. The molecule has 2 nitrogen and oxygen atoms in total. The number of hydrogen-bond acceptors (Lipinski definition) is 2. The molecule has 0 aliphatic carbocycles. The Morgan fingerprint density at radius 3 is 2.11 bits per heavy atom. The van der Waals surface area contributed by atoms with E-state index in [1.54, 1.807) is 0 Å². The molecular formula is C9H11F8NO. The smallest absolute Gasteiger partial charge is 0.366 e. The van der Waals surface area contributed by atoms with E-state index in [2.05, 4.69) is 4.74 Å². The van der Waals surface area contributed by atoms with Gasteiger partial charge in [-0.3, -0.25) is 4.39 Å². The van der Waals surface area contributed by atoms with E-state index in [0.717, 1.165) is 0 Å². The molecule has 1 aliphatic heterocycles. The van der Waals surface area contributed by atoms with Crippen molar-refractivity contribution in [3.63, 3.8) is 0 Å². The van der Waals surface area contributed by atoms with E-state index in [4.69, 9.17) is 0 Å². The van der Waals surface area contributed by atoms with Crippen LogP contribution < -0.4 is 0 Å². The standard InChI is InChI=1S/C8H8F7NO.CH3F/c9-6(10)3-7(11,12)16-1-2-17-5(4-16)8(13,14)15;1-2/h3,5H,1-2,4H2;1H3. The van der Waals surface area contributed by atoms with Gasteiger partial charge in [-0.2, -0.15) is 30.7 Å². The predicted molar refractivity (Wildman–Crippen MR) is 49.6 cm³/mol. The van der Waals surface area contributed by atoms with Gasteiger partial charge in [0.05, 0.1) is 19.9 Å². The number of rotatable bonds is 2. The molecule has 1 unspecified atom stereocenters. The Morgan fingerprint density at radius 2 is 1.68 bits per heavy atom. The van der Waals surface area contributed by atoms with Gasteiger partial charge < -0.3 is 4.74 Å². The molecule has 1 saturated heterocycles. The molecule has 1 fully saturated rings. The summed E-state index contributed by atoms with van der Waals surface area (Å²) in [6.07, 6.45) is -10.5. The number of nitrogens with zero attached hydrogens (tertiary/aromatic N) is 1. The van der Waals surface area contributed by atoms with Crippen molar-refractivity contribution in [3.8, 4) is 0 Å². The average Bonchev–Trinajstić information content (AvgIpc) is 2.29. The van der Waals surface area contributed by atoms with Crippen molar-refractivity contribution >= 4 is 0 Å². The lowest BCUT2D eigenvalue weighted by Gasteiger charge is -2.36. The van der Waals surface area contributed by atoms with Gasteiger partial charge in [0, 0.05) is 13.1 Å². The second-order valence-corrected chi connectivity index (χ2v) is 3.37. The lowest BCUT2D eigenvalue weighted by Crippen LogP contribution is -2.54. The minimum absolute atomic E-state index is 0.00775. The van der Waals surface area contributed by atoms with Crippen LogP contribution >= 0.6 is 0 Å². The molecule has 0 aromatic carbocycles. The summed E-state index contributed by atoms with van der Waals surface area (Å²) in [4.78, 5) is 0.00775. The summed E-state index contributed by atoms with van der Waals surface area (Å²) in [7, 11) is 0.500. The SMILES string of the molecule is CF.FC(F)=CC(F)(F)N1CCOC(C(F)(F)F)C1. The van der Waals surface area contributed by atoms with Crippen LogP contribution in [-0.4, -0.2) is 50.1 Å². The maximum absolute atomic E-state index is 13.1. The quantitative estimate of drug-likeness (QED) is 0.573. The second-order valence-electron chi connectivity index (χ2n) is 3.37. The van der Waals surface area contributed by atoms with Crippen molar-refractivity contribution in [3.05, 3.63) is 12.2 Å². The third-order valence-corrected chi connectivity index (χ3v) is 2.14. The number of alkyl halides is 6. The van der Waals surface area contributed by atoms with Crippen LogP contribution in [0.25, 0.3) is 0 Å².